The van der Waals surface area contributed by atoms with Crippen molar-refractivity contribution in [3.8, 4) is 5.75 Å². The van der Waals surface area contributed by atoms with Crippen LogP contribution in [0, 0.1) is 0 Å². The minimum absolute atomic E-state index is 0.331. The van der Waals surface area contributed by atoms with Gasteiger partial charge in [-0.05, 0) is 28.1 Å². The highest BCUT2D eigenvalue weighted by Gasteiger charge is 2.09. The van der Waals surface area contributed by atoms with E-state index in [0.29, 0.717) is 27.4 Å². The summed E-state index contributed by atoms with van der Waals surface area (Å²) < 4.78 is 5.65. The summed E-state index contributed by atoms with van der Waals surface area (Å²) in [5.74, 6) is 0.545. The van der Waals surface area contributed by atoms with E-state index in [-0.39, 0.29) is 5.91 Å². The summed E-state index contributed by atoms with van der Waals surface area (Å²) in [4.78, 5) is 20.0. The summed E-state index contributed by atoms with van der Waals surface area (Å²) in [5.41, 5.74) is 6.53. The second-order valence-electron chi connectivity index (χ2n) is 3.67. The maximum Gasteiger partial charge on any atom is 0.257 e. The Labute approximate surface area is 118 Å². The Morgan fingerprint density at radius 2 is 2.11 bits per heavy atom. The summed E-state index contributed by atoms with van der Waals surface area (Å²) in [5, 5.41) is 2.62. The van der Waals surface area contributed by atoms with E-state index in [1.807, 2.05) is 0 Å². The number of nitrogen functional groups attached to an aromatic ring is 1. The summed E-state index contributed by atoms with van der Waals surface area (Å²) >= 11 is 3.17. The van der Waals surface area contributed by atoms with Gasteiger partial charge in [0.05, 0.1) is 19.5 Å². The van der Waals surface area contributed by atoms with Crippen LogP contribution in [0.5, 0.6) is 5.75 Å². The average molecular weight is 323 g/mol. The van der Waals surface area contributed by atoms with Gasteiger partial charge in [-0.3, -0.25) is 4.79 Å². The second kappa shape index (κ2) is 5.66. The normalized spacial score (nSPS) is 10.0. The number of carbonyl (C=O) groups is 1. The molecule has 0 atom stereocenters. The maximum atomic E-state index is 12.0. The van der Waals surface area contributed by atoms with Gasteiger partial charge in [0.1, 0.15) is 10.4 Å². The molecule has 0 spiro atoms. The van der Waals surface area contributed by atoms with Gasteiger partial charge < -0.3 is 15.8 Å². The van der Waals surface area contributed by atoms with Crippen LogP contribution in [0.4, 0.5) is 11.5 Å². The predicted molar refractivity (Wildman–Crippen MR) is 75.1 cm³/mol. The quantitative estimate of drug-likeness (QED) is 0.844. The Balaban J connectivity index is 2.20. The summed E-state index contributed by atoms with van der Waals surface area (Å²) in [7, 11) is 1.51. The van der Waals surface area contributed by atoms with Crippen molar-refractivity contribution in [3.63, 3.8) is 0 Å². The third-order valence-electron chi connectivity index (χ3n) is 2.29. The lowest BCUT2D eigenvalue weighted by molar-refractivity contribution is 0.102. The van der Waals surface area contributed by atoms with E-state index in [0.717, 1.165) is 0 Å². The monoisotopic (exact) mass is 322 g/mol. The Kier molecular flexibility index (Phi) is 3.96. The maximum absolute atomic E-state index is 12.0. The lowest BCUT2D eigenvalue weighted by Crippen LogP contribution is -2.13. The first-order chi connectivity index (χ1) is 9.08. The topological polar surface area (TPSA) is 90.1 Å². The first-order valence-electron chi connectivity index (χ1n) is 5.32. The Bertz CT molecular complexity index is 601. The van der Waals surface area contributed by atoms with Crippen molar-refractivity contribution in [2.24, 2.45) is 0 Å². The second-order valence-corrected chi connectivity index (χ2v) is 4.49. The van der Waals surface area contributed by atoms with Crippen molar-refractivity contribution in [2.45, 2.75) is 0 Å². The largest absolute Gasteiger partial charge is 0.497 e. The first kappa shape index (κ1) is 13.3. The van der Waals surface area contributed by atoms with Gasteiger partial charge in [-0.2, -0.15) is 0 Å². The number of amides is 1. The Morgan fingerprint density at radius 1 is 1.32 bits per heavy atom. The highest BCUT2D eigenvalue weighted by Crippen LogP contribution is 2.19. The fraction of sp³-hybridized carbons (Fsp3) is 0.0833. The minimum Gasteiger partial charge on any atom is -0.497 e. The lowest BCUT2D eigenvalue weighted by Gasteiger charge is -2.07. The summed E-state index contributed by atoms with van der Waals surface area (Å²) in [6.07, 6.45) is 2.95. The molecule has 0 bridgehead atoms. The number of hydrogen-bond donors (Lipinski definition) is 2. The lowest BCUT2D eigenvalue weighted by atomic mass is 10.2. The van der Waals surface area contributed by atoms with Crippen molar-refractivity contribution < 1.29 is 9.53 Å². The number of benzene rings is 1. The molecule has 1 heterocycles. The number of methoxy groups -OCH3 is 1. The molecule has 0 radical (unpaired) electrons. The van der Waals surface area contributed by atoms with Gasteiger partial charge in [0.2, 0.25) is 0 Å². The number of rotatable bonds is 3. The van der Waals surface area contributed by atoms with Crippen LogP contribution in [0.3, 0.4) is 0 Å². The zero-order valence-corrected chi connectivity index (χ0v) is 11.6. The molecule has 1 amide bonds. The van der Waals surface area contributed by atoms with E-state index < -0.39 is 0 Å². The molecule has 19 heavy (non-hydrogen) atoms. The molecule has 0 saturated heterocycles. The van der Waals surface area contributed by atoms with Crippen molar-refractivity contribution in [1.29, 1.82) is 0 Å². The van der Waals surface area contributed by atoms with Crippen LogP contribution in [-0.4, -0.2) is 23.0 Å². The van der Waals surface area contributed by atoms with E-state index in [1.54, 1.807) is 18.2 Å². The summed E-state index contributed by atoms with van der Waals surface area (Å²) in [6, 6.07) is 4.79. The molecule has 0 aliphatic carbocycles. The van der Waals surface area contributed by atoms with Crippen molar-refractivity contribution in [1.82, 2.24) is 9.97 Å². The molecule has 2 aromatic rings. The third-order valence-corrected chi connectivity index (χ3v) is 2.70. The Morgan fingerprint density at radius 3 is 2.74 bits per heavy atom. The van der Waals surface area contributed by atoms with Crippen LogP contribution >= 0.6 is 15.9 Å². The van der Waals surface area contributed by atoms with Gasteiger partial charge in [0.25, 0.3) is 5.91 Å². The van der Waals surface area contributed by atoms with Gasteiger partial charge in [0.15, 0.2) is 5.82 Å². The van der Waals surface area contributed by atoms with Gasteiger partial charge in [-0.1, -0.05) is 0 Å². The van der Waals surface area contributed by atoms with Crippen LogP contribution in [-0.2, 0) is 0 Å². The number of nitrogens with one attached hydrogen (secondary N) is 1. The van der Waals surface area contributed by atoms with Gasteiger partial charge in [0, 0.05) is 17.3 Å². The highest BCUT2D eigenvalue weighted by atomic mass is 79.9. The zero-order chi connectivity index (χ0) is 13.8. The van der Waals surface area contributed by atoms with E-state index in [1.165, 1.54) is 19.5 Å². The van der Waals surface area contributed by atoms with Gasteiger partial charge >= 0.3 is 0 Å². The van der Waals surface area contributed by atoms with Crippen molar-refractivity contribution in [2.75, 3.05) is 18.2 Å². The molecule has 0 unspecified atom stereocenters. The van der Waals surface area contributed by atoms with Gasteiger partial charge in [-0.25, -0.2) is 9.97 Å². The van der Waals surface area contributed by atoms with E-state index in [4.69, 9.17) is 10.5 Å². The van der Waals surface area contributed by atoms with E-state index in [9.17, 15) is 4.79 Å². The molecule has 1 aromatic heterocycles. The smallest absolute Gasteiger partial charge is 0.257 e. The molecule has 0 saturated carbocycles. The highest BCUT2D eigenvalue weighted by molar-refractivity contribution is 9.10. The SMILES string of the molecule is COc1cc(N)cc(C(=O)Nc2cnc(Br)cn2)c1. The molecular formula is C12H11BrN4O2. The molecule has 0 aliphatic rings. The number of aromatic nitrogens is 2. The zero-order valence-electron chi connectivity index (χ0n) is 10.1. The van der Waals surface area contributed by atoms with Crippen molar-refractivity contribution in [3.05, 3.63) is 40.8 Å². The van der Waals surface area contributed by atoms with E-state index >= 15 is 0 Å². The van der Waals surface area contributed by atoms with Crippen LogP contribution in [0.1, 0.15) is 10.4 Å². The number of halogens is 1. The number of nitrogens with zero attached hydrogens (tertiary/aromatic N) is 2. The molecule has 0 aliphatic heterocycles. The molecule has 2 rings (SSSR count). The molecule has 7 heteroatoms. The molecule has 3 N–H and O–H groups in total. The number of hydrogen-bond acceptors (Lipinski definition) is 5. The van der Waals surface area contributed by atoms with Crippen LogP contribution < -0.4 is 15.8 Å². The third kappa shape index (κ3) is 3.41. The molecule has 0 fully saturated rings. The number of ether oxygens (including phenoxy) is 1. The van der Waals surface area contributed by atoms with Crippen LogP contribution in [0.2, 0.25) is 0 Å². The Hall–Kier alpha value is -2.15. The van der Waals surface area contributed by atoms with E-state index in [2.05, 4.69) is 31.2 Å². The standard InChI is InChI=1S/C12H11BrN4O2/c1-19-9-3-7(2-8(14)4-9)12(18)17-11-6-15-10(13)5-16-11/h2-6H,14H2,1H3,(H,16,17,18). The molecule has 1 aromatic carbocycles. The molecule has 6 nitrogen and oxygen atoms in total. The summed E-state index contributed by atoms with van der Waals surface area (Å²) in [6.45, 7) is 0. The minimum atomic E-state index is -0.331. The fourth-order valence-corrected chi connectivity index (χ4v) is 1.64. The fourth-order valence-electron chi connectivity index (χ4n) is 1.44. The number of carbonyl (C=O) groups excluding carboxylic acids is 1. The van der Waals surface area contributed by atoms with Crippen LogP contribution in [0.25, 0.3) is 0 Å². The molecular weight excluding hydrogens is 312 g/mol. The first-order valence-corrected chi connectivity index (χ1v) is 6.11. The van der Waals surface area contributed by atoms with Crippen LogP contribution in [0.15, 0.2) is 35.2 Å². The average Bonchev–Trinajstić information content (AvgIpc) is 2.40. The predicted octanol–water partition coefficient (Wildman–Crippen LogP) is 2.08. The number of nitrogens with two attached hydrogens (primary N) is 1. The molecule has 98 valence electrons. The number of anilines is 2. The van der Waals surface area contributed by atoms with Gasteiger partial charge in [-0.15, -0.1) is 0 Å². The van der Waals surface area contributed by atoms with Crippen molar-refractivity contribution >= 4 is 33.3 Å².